The number of nitrogens with zero attached hydrogens (tertiary/aromatic N) is 1. The lowest BCUT2D eigenvalue weighted by Gasteiger charge is -2.46. The van der Waals surface area contributed by atoms with Crippen molar-refractivity contribution in [1.82, 2.24) is 4.90 Å². The number of rotatable bonds is 6. The van der Waals surface area contributed by atoms with E-state index in [-0.39, 0.29) is 18.1 Å². The van der Waals surface area contributed by atoms with Gasteiger partial charge in [0.15, 0.2) is 0 Å². The molecule has 0 bridgehead atoms. The van der Waals surface area contributed by atoms with Gasteiger partial charge in [0, 0.05) is 32.2 Å². The van der Waals surface area contributed by atoms with Crippen LogP contribution < -0.4 is 5.73 Å². The van der Waals surface area contributed by atoms with Crippen LogP contribution in [0, 0.1) is 5.92 Å². The lowest BCUT2D eigenvalue weighted by Crippen LogP contribution is -2.57. The molecule has 1 heterocycles. The molecule has 3 nitrogen and oxygen atoms in total. The number of likely N-dealkylation sites (tertiary alicyclic amines) is 1. The average molecular weight is 296 g/mol. The van der Waals surface area contributed by atoms with Gasteiger partial charge in [-0.3, -0.25) is 4.90 Å². The van der Waals surface area contributed by atoms with Crippen LogP contribution in [0.4, 0.5) is 13.2 Å². The smallest absolute Gasteiger partial charge is 0.380 e. The van der Waals surface area contributed by atoms with Crippen LogP contribution in [0.5, 0.6) is 0 Å². The van der Waals surface area contributed by atoms with Crippen molar-refractivity contribution in [2.24, 2.45) is 11.7 Å². The number of piperidine rings is 1. The number of hydrogen-bond donors (Lipinski definition) is 1. The predicted molar refractivity (Wildman–Crippen MR) is 73.5 cm³/mol. The molecular formula is C14H27F3N2O. The molecule has 0 aliphatic carbocycles. The molecule has 0 aromatic rings. The first-order valence-electron chi connectivity index (χ1n) is 7.26. The van der Waals surface area contributed by atoms with E-state index in [2.05, 4.69) is 11.8 Å². The maximum Gasteiger partial charge on any atom is 0.389 e. The summed E-state index contributed by atoms with van der Waals surface area (Å²) in [6.45, 7) is 6.11. The van der Waals surface area contributed by atoms with Gasteiger partial charge in [0.25, 0.3) is 0 Å². The van der Waals surface area contributed by atoms with Gasteiger partial charge in [0.2, 0.25) is 0 Å². The highest BCUT2D eigenvalue weighted by atomic mass is 19.4. The Morgan fingerprint density at radius 1 is 1.30 bits per heavy atom. The molecule has 3 atom stereocenters. The summed E-state index contributed by atoms with van der Waals surface area (Å²) in [5.74, 6) is 0.480. The highest BCUT2D eigenvalue weighted by Crippen LogP contribution is 2.31. The molecule has 0 aromatic heterocycles. The van der Waals surface area contributed by atoms with Crippen LogP contribution in [0.2, 0.25) is 0 Å². The normalized spacial score (nSPS) is 28.4. The highest BCUT2D eigenvalue weighted by molar-refractivity contribution is 4.92. The molecule has 2 N–H and O–H groups in total. The first-order chi connectivity index (χ1) is 9.22. The fourth-order valence-corrected chi connectivity index (χ4v) is 2.89. The van der Waals surface area contributed by atoms with Crippen molar-refractivity contribution in [1.29, 1.82) is 0 Å². The van der Waals surface area contributed by atoms with Gasteiger partial charge in [-0.2, -0.15) is 13.2 Å². The molecule has 0 aromatic carbocycles. The second-order valence-corrected chi connectivity index (χ2v) is 6.16. The van der Waals surface area contributed by atoms with Gasteiger partial charge in [-0.15, -0.1) is 0 Å². The molecule has 1 aliphatic heterocycles. The number of methoxy groups -OCH3 is 1. The van der Waals surface area contributed by atoms with Gasteiger partial charge in [0.1, 0.15) is 0 Å². The summed E-state index contributed by atoms with van der Waals surface area (Å²) in [6.07, 6.45) is -3.10. The summed E-state index contributed by atoms with van der Waals surface area (Å²) in [6, 6.07) is 0. The lowest BCUT2D eigenvalue weighted by atomic mass is 9.87. The number of nitrogens with two attached hydrogens (primary N) is 1. The second-order valence-electron chi connectivity index (χ2n) is 6.16. The van der Waals surface area contributed by atoms with E-state index >= 15 is 0 Å². The summed E-state index contributed by atoms with van der Waals surface area (Å²) in [5.41, 5.74) is 5.47. The third-order valence-electron chi connectivity index (χ3n) is 4.57. The Labute approximate surface area is 119 Å². The van der Waals surface area contributed by atoms with Crippen LogP contribution in [0.25, 0.3) is 0 Å². The molecule has 20 heavy (non-hydrogen) atoms. The molecular weight excluding hydrogens is 269 g/mol. The average Bonchev–Trinajstić information content (AvgIpc) is 2.37. The van der Waals surface area contributed by atoms with Gasteiger partial charge in [-0.1, -0.05) is 6.92 Å². The Morgan fingerprint density at radius 3 is 2.45 bits per heavy atom. The van der Waals surface area contributed by atoms with Crippen LogP contribution in [0.1, 0.15) is 39.5 Å². The van der Waals surface area contributed by atoms with Gasteiger partial charge in [-0.05, 0) is 38.6 Å². The second kappa shape index (κ2) is 7.09. The molecule has 0 saturated carbocycles. The van der Waals surface area contributed by atoms with E-state index in [0.29, 0.717) is 18.9 Å². The molecule has 1 aliphatic rings. The highest BCUT2D eigenvalue weighted by Gasteiger charge is 2.37. The Kier molecular flexibility index (Phi) is 6.28. The van der Waals surface area contributed by atoms with E-state index in [0.717, 1.165) is 19.5 Å². The van der Waals surface area contributed by atoms with Crippen LogP contribution >= 0.6 is 0 Å². The number of alkyl halides is 3. The summed E-state index contributed by atoms with van der Waals surface area (Å²) >= 11 is 0. The van der Waals surface area contributed by atoms with Crippen molar-refractivity contribution >= 4 is 0 Å². The van der Waals surface area contributed by atoms with E-state index < -0.39 is 12.6 Å². The van der Waals surface area contributed by atoms with Crippen molar-refractivity contribution in [3.05, 3.63) is 0 Å². The molecule has 6 heteroatoms. The fraction of sp³-hybridized carbons (Fsp3) is 1.00. The zero-order valence-corrected chi connectivity index (χ0v) is 12.7. The van der Waals surface area contributed by atoms with Gasteiger partial charge in [-0.25, -0.2) is 0 Å². The Bertz CT molecular complexity index is 299. The minimum Gasteiger partial charge on any atom is -0.380 e. The summed E-state index contributed by atoms with van der Waals surface area (Å²) in [4.78, 5) is 2.21. The van der Waals surface area contributed by atoms with Crippen molar-refractivity contribution < 1.29 is 17.9 Å². The quantitative estimate of drug-likeness (QED) is 0.819. The van der Waals surface area contributed by atoms with Crippen LogP contribution in [-0.4, -0.2) is 49.5 Å². The van der Waals surface area contributed by atoms with Crippen LogP contribution in [0.3, 0.4) is 0 Å². The van der Waals surface area contributed by atoms with Crippen LogP contribution in [-0.2, 0) is 4.74 Å². The molecule has 3 unspecified atom stereocenters. The molecule has 120 valence electrons. The SMILES string of the molecule is COC1CN(C(C)(CN)CCCC(F)(F)F)CCC1C. The van der Waals surface area contributed by atoms with Gasteiger partial charge < -0.3 is 10.5 Å². The van der Waals surface area contributed by atoms with Crippen molar-refractivity contribution in [3.8, 4) is 0 Å². The molecule has 0 spiro atoms. The minimum atomic E-state index is -4.08. The third-order valence-corrected chi connectivity index (χ3v) is 4.57. The number of ether oxygens (including phenoxy) is 1. The van der Waals surface area contributed by atoms with E-state index in [4.69, 9.17) is 10.5 Å². The lowest BCUT2D eigenvalue weighted by molar-refractivity contribution is -0.137. The standard InChI is InChI=1S/C14H27F3N2O/c1-11-5-8-19(9-12(11)20-3)13(2,10-18)6-4-7-14(15,16)17/h11-12H,4-10,18H2,1-3H3. The zero-order chi connectivity index (χ0) is 15.4. The first-order valence-corrected chi connectivity index (χ1v) is 7.26. The van der Waals surface area contributed by atoms with Crippen molar-refractivity contribution in [3.63, 3.8) is 0 Å². The number of hydrogen-bond acceptors (Lipinski definition) is 3. The summed E-state index contributed by atoms with van der Waals surface area (Å²) in [5, 5.41) is 0. The predicted octanol–water partition coefficient (Wildman–Crippen LogP) is 2.79. The fourth-order valence-electron chi connectivity index (χ4n) is 2.89. The molecule has 1 rings (SSSR count). The summed E-state index contributed by atoms with van der Waals surface area (Å²) < 4.78 is 42.3. The van der Waals surface area contributed by atoms with E-state index in [9.17, 15) is 13.2 Å². The molecule has 0 amide bonds. The zero-order valence-electron chi connectivity index (χ0n) is 12.7. The van der Waals surface area contributed by atoms with Gasteiger partial charge in [0.05, 0.1) is 6.10 Å². The molecule has 1 saturated heterocycles. The number of halogens is 3. The molecule has 0 radical (unpaired) electrons. The largest absolute Gasteiger partial charge is 0.389 e. The van der Waals surface area contributed by atoms with Crippen molar-refractivity contribution in [2.75, 3.05) is 26.7 Å². The van der Waals surface area contributed by atoms with Crippen molar-refractivity contribution in [2.45, 2.75) is 57.3 Å². The third kappa shape index (κ3) is 4.90. The summed E-state index contributed by atoms with van der Waals surface area (Å²) in [7, 11) is 1.69. The van der Waals surface area contributed by atoms with E-state index in [1.54, 1.807) is 7.11 Å². The molecule has 1 fully saturated rings. The van der Waals surface area contributed by atoms with Crippen LogP contribution in [0.15, 0.2) is 0 Å². The van der Waals surface area contributed by atoms with E-state index in [1.807, 2.05) is 6.92 Å². The monoisotopic (exact) mass is 296 g/mol. The van der Waals surface area contributed by atoms with E-state index in [1.165, 1.54) is 0 Å². The maximum absolute atomic E-state index is 12.3. The Morgan fingerprint density at radius 2 is 1.95 bits per heavy atom. The minimum absolute atomic E-state index is 0.126. The van der Waals surface area contributed by atoms with Gasteiger partial charge >= 0.3 is 6.18 Å². The first kappa shape index (κ1) is 17.7. The Balaban J connectivity index is 2.59. The maximum atomic E-state index is 12.3. The Hall–Kier alpha value is -0.330. The topological polar surface area (TPSA) is 38.5 Å².